The number of aryl methyl sites for hydroxylation is 1. The minimum atomic E-state index is -3.52. The molecular weight excluding hydrogens is 334 g/mol. The molecule has 3 aromatic rings. The molecule has 0 amide bonds. The van der Waals surface area contributed by atoms with Gasteiger partial charge in [0.1, 0.15) is 5.65 Å². The minimum absolute atomic E-state index is 0.0881. The highest BCUT2D eigenvalue weighted by atomic mass is 32.2. The first-order valence-corrected chi connectivity index (χ1v) is 10.1. The van der Waals surface area contributed by atoms with Crippen molar-refractivity contribution in [2.24, 2.45) is 0 Å². The van der Waals surface area contributed by atoms with Gasteiger partial charge in [0.2, 0.25) is 10.0 Å². The van der Waals surface area contributed by atoms with Crippen LogP contribution >= 0.6 is 0 Å². The third-order valence-electron chi connectivity index (χ3n) is 4.70. The summed E-state index contributed by atoms with van der Waals surface area (Å²) in [6.07, 6.45) is 6.42. The van der Waals surface area contributed by atoms with E-state index in [-0.39, 0.29) is 6.04 Å². The van der Waals surface area contributed by atoms with Gasteiger partial charge in [-0.3, -0.25) is 0 Å². The Balaban J connectivity index is 1.68. The predicted octanol–water partition coefficient (Wildman–Crippen LogP) is 3.25. The van der Waals surface area contributed by atoms with E-state index < -0.39 is 10.0 Å². The monoisotopic (exact) mass is 355 g/mol. The Bertz CT molecular complexity index is 989. The van der Waals surface area contributed by atoms with E-state index in [0.717, 1.165) is 36.2 Å². The molecule has 1 aliphatic carbocycles. The predicted molar refractivity (Wildman–Crippen MR) is 96.8 cm³/mol. The van der Waals surface area contributed by atoms with Crippen LogP contribution in [0.15, 0.2) is 59.8 Å². The number of benzene rings is 1. The van der Waals surface area contributed by atoms with E-state index in [4.69, 9.17) is 0 Å². The molecule has 0 spiro atoms. The Labute approximate surface area is 148 Å². The van der Waals surface area contributed by atoms with Gasteiger partial charge in [-0.1, -0.05) is 25.1 Å². The Morgan fingerprint density at radius 2 is 1.92 bits per heavy atom. The van der Waals surface area contributed by atoms with Crippen LogP contribution in [0, 0.1) is 0 Å². The summed E-state index contributed by atoms with van der Waals surface area (Å²) >= 11 is 0. The number of imidazole rings is 1. The summed E-state index contributed by atoms with van der Waals surface area (Å²) < 4.78 is 29.9. The largest absolute Gasteiger partial charge is 0.303 e. The van der Waals surface area contributed by atoms with Gasteiger partial charge in [0.05, 0.1) is 23.3 Å². The van der Waals surface area contributed by atoms with E-state index in [2.05, 4.69) is 11.9 Å². The van der Waals surface area contributed by atoms with E-state index in [1.807, 2.05) is 40.9 Å². The van der Waals surface area contributed by atoms with E-state index in [1.165, 1.54) is 0 Å². The van der Waals surface area contributed by atoms with Crippen molar-refractivity contribution in [1.29, 1.82) is 0 Å². The summed E-state index contributed by atoms with van der Waals surface area (Å²) in [7, 11) is -3.52. The second kappa shape index (κ2) is 6.28. The molecule has 2 aromatic heterocycles. The first-order chi connectivity index (χ1) is 12.1. The number of fused-ring (bicyclic) bond motifs is 1. The maximum absolute atomic E-state index is 13.2. The molecule has 0 N–H and O–H groups in total. The lowest BCUT2D eigenvalue weighted by Gasteiger charge is -2.22. The maximum atomic E-state index is 13.2. The molecule has 6 heteroatoms. The molecule has 4 rings (SSSR count). The quantitative estimate of drug-likeness (QED) is 0.682. The van der Waals surface area contributed by atoms with Crippen LogP contribution in [-0.4, -0.2) is 28.1 Å². The van der Waals surface area contributed by atoms with Crippen LogP contribution in [0.4, 0.5) is 0 Å². The fourth-order valence-corrected chi connectivity index (χ4v) is 4.72. The molecule has 0 bridgehead atoms. The molecule has 1 aliphatic rings. The lowest BCUT2D eigenvalue weighted by Crippen LogP contribution is -2.33. The van der Waals surface area contributed by atoms with Crippen LogP contribution in [0.5, 0.6) is 0 Å². The molecule has 25 heavy (non-hydrogen) atoms. The van der Waals surface area contributed by atoms with E-state index >= 15 is 0 Å². The Morgan fingerprint density at radius 1 is 1.16 bits per heavy atom. The van der Waals surface area contributed by atoms with E-state index in [0.29, 0.717) is 11.4 Å². The van der Waals surface area contributed by atoms with Gasteiger partial charge < -0.3 is 4.40 Å². The topological polar surface area (TPSA) is 54.7 Å². The third-order valence-corrected chi connectivity index (χ3v) is 6.62. The summed E-state index contributed by atoms with van der Waals surface area (Å²) in [6.45, 7) is 2.40. The smallest absolute Gasteiger partial charge is 0.243 e. The van der Waals surface area contributed by atoms with Gasteiger partial charge in [-0.25, -0.2) is 13.4 Å². The van der Waals surface area contributed by atoms with Gasteiger partial charge in [-0.05, 0) is 49.1 Å². The number of nitrogens with zero attached hydrogens (tertiary/aromatic N) is 3. The highest BCUT2D eigenvalue weighted by Crippen LogP contribution is 2.33. The van der Waals surface area contributed by atoms with Gasteiger partial charge in [-0.15, -0.1) is 0 Å². The van der Waals surface area contributed by atoms with Crippen molar-refractivity contribution in [2.45, 2.75) is 43.7 Å². The number of hydrogen-bond acceptors (Lipinski definition) is 3. The van der Waals surface area contributed by atoms with Crippen molar-refractivity contribution >= 4 is 15.7 Å². The maximum Gasteiger partial charge on any atom is 0.243 e. The summed E-state index contributed by atoms with van der Waals surface area (Å²) in [4.78, 5) is 4.74. The zero-order valence-electron chi connectivity index (χ0n) is 14.2. The van der Waals surface area contributed by atoms with Crippen LogP contribution in [0.2, 0.25) is 0 Å². The van der Waals surface area contributed by atoms with Gasteiger partial charge in [0.15, 0.2) is 0 Å². The third kappa shape index (κ3) is 3.07. The van der Waals surface area contributed by atoms with Crippen LogP contribution < -0.4 is 0 Å². The molecule has 130 valence electrons. The number of pyridine rings is 1. The normalized spacial score (nSPS) is 15.1. The molecule has 1 fully saturated rings. The fourth-order valence-electron chi connectivity index (χ4n) is 3.07. The van der Waals surface area contributed by atoms with Crippen molar-refractivity contribution in [2.75, 3.05) is 0 Å². The van der Waals surface area contributed by atoms with Crippen LogP contribution in [0.1, 0.15) is 31.0 Å². The molecule has 0 aliphatic heterocycles. The molecule has 0 radical (unpaired) electrons. The molecule has 0 saturated heterocycles. The number of hydrogen-bond donors (Lipinski definition) is 0. The van der Waals surface area contributed by atoms with E-state index in [1.54, 1.807) is 22.6 Å². The number of rotatable bonds is 6. The fraction of sp³-hybridized carbons (Fsp3) is 0.316. The first kappa shape index (κ1) is 16.3. The lowest BCUT2D eigenvalue weighted by atomic mass is 10.2. The zero-order valence-corrected chi connectivity index (χ0v) is 15.0. The summed E-state index contributed by atoms with van der Waals surface area (Å²) in [5.74, 6) is 0. The van der Waals surface area contributed by atoms with Crippen molar-refractivity contribution < 1.29 is 8.42 Å². The van der Waals surface area contributed by atoms with Crippen LogP contribution in [-0.2, 0) is 23.0 Å². The second-order valence-corrected chi connectivity index (χ2v) is 8.35. The van der Waals surface area contributed by atoms with Gasteiger partial charge >= 0.3 is 0 Å². The molecule has 1 aromatic carbocycles. The molecule has 0 atom stereocenters. The van der Waals surface area contributed by atoms with Crippen molar-refractivity contribution in [3.8, 4) is 0 Å². The van der Waals surface area contributed by atoms with Gasteiger partial charge in [0, 0.05) is 12.2 Å². The Morgan fingerprint density at radius 3 is 2.60 bits per heavy atom. The molecule has 5 nitrogen and oxygen atoms in total. The van der Waals surface area contributed by atoms with Gasteiger partial charge in [0.25, 0.3) is 0 Å². The molecule has 2 heterocycles. The Kier molecular flexibility index (Phi) is 4.09. The highest BCUT2D eigenvalue weighted by molar-refractivity contribution is 7.89. The summed E-state index contributed by atoms with van der Waals surface area (Å²) in [5.41, 5.74) is 2.85. The SMILES string of the molecule is CCc1ccc(S(=O)(=O)N(Cc2cnc3ccccn23)C2CC2)cc1. The summed E-state index contributed by atoms with van der Waals surface area (Å²) in [5, 5.41) is 0. The van der Waals surface area contributed by atoms with Gasteiger partial charge in [-0.2, -0.15) is 4.31 Å². The van der Waals surface area contributed by atoms with Crippen LogP contribution in [0.25, 0.3) is 5.65 Å². The van der Waals surface area contributed by atoms with Crippen LogP contribution in [0.3, 0.4) is 0 Å². The van der Waals surface area contributed by atoms with Crippen molar-refractivity contribution in [3.63, 3.8) is 0 Å². The average Bonchev–Trinajstić information content (AvgIpc) is 3.40. The highest BCUT2D eigenvalue weighted by Gasteiger charge is 2.38. The zero-order chi connectivity index (χ0) is 17.4. The van der Waals surface area contributed by atoms with E-state index in [9.17, 15) is 8.42 Å². The molecule has 0 unspecified atom stereocenters. The first-order valence-electron chi connectivity index (χ1n) is 8.61. The standard InChI is InChI=1S/C19H21N3O2S/c1-2-15-6-10-18(11-7-15)25(23,24)22(16-8-9-16)14-17-13-20-19-5-3-4-12-21(17)19/h3-7,10-13,16H,2,8-9,14H2,1H3. The lowest BCUT2D eigenvalue weighted by molar-refractivity contribution is 0.393. The Hall–Kier alpha value is -2.18. The second-order valence-electron chi connectivity index (χ2n) is 6.46. The molecule has 1 saturated carbocycles. The number of sulfonamides is 1. The average molecular weight is 355 g/mol. The summed E-state index contributed by atoms with van der Waals surface area (Å²) in [6, 6.07) is 13.1. The van der Waals surface area contributed by atoms with Crippen molar-refractivity contribution in [1.82, 2.24) is 13.7 Å². The van der Waals surface area contributed by atoms with Crippen molar-refractivity contribution in [3.05, 3.63) is 66.1 Å². The molecular formula is C19H21N3O2S. The number of aromatic nitrogens is 2. The minimum Gasteiger partial charge on any atom is -0.303 e.